The van der Waals surface area contributed by atoms with E-state index in [-0.39, 0.29) is 6.04 Å². The number of benzene rings is 5. The molecule has 5 aromatic rings. The smallest absolute Gasteiger partial charge is 0.205 e. The molecule has 0 saturated heterocycles. The van der Waals surface area contributed by atoms with Crippen LogP contribution in [-0.2, 0) is 4.57 Å². The highest BCUT2D eigenvalue weighted by Gasteiger charge is 2.32. The molecule has 0 amide bonds. The summed E-state index contributed by atoms with van der Waals surface area (Å²) >= 11 is 0. The molecule has 0 aliphatic rings. The maximum atomic E-state index is 14.9. The lowest BCUT2D eigenvalue weighted by Crippen LogP contribution is -2.31. The highest BCUT2D eigenvalue weighted by molar-refractivity contribution is 7.76. The average molecular weight is 448 g/mol. The zero-order chi connectivity index (χ0) is 22.7. The van der Waals surface area contributed by atoms with Crippen LogP contribution < -0.4 is 15.7 Å². The van der Waals surface area contributed by atoms with Crippen molar-refractivity contribution in [3.63, 3.8) is 0 Å². The van der Waals surface area contributed by atoms with Gasteiger partial charge in [-0.3, -0.25) is 4.57 Å². The monoisotopic (exact) mass is 447 g/mol. The van der Waals surface area contributed by atoms with Gasteiger partial charge >= 0.3 is 0 Å². The third kappa shape index (κ3) is 4.28. The molecule has 0 aliphatic heterocycles. The van der Waals surface area contributed by atoms with E-state index in [0.29, 0.717) is 0 Å². The van der Waals surface area contributed by atoms with Crippen molar-refractivity contribution in [1.29, 1.82) is 0 Å². The maximum Gasteiger partial charge on any atom is 0.205 e. The zero-order valence-corrected chi connectivity index (χ0v) is 19.5. The molecule has 0 saturated carbocycles. The molecule has 0 aromatic heterocycles. The number of aryl methyl sites for hydroxylation is 1. The van der Waals surface area contributed by atoms with E-state index in [4.69, 9.17) is 0 Å². The van der Waals surface area contributed by atoms with Crippen molar-refractivity contribution >= 4 is 28.7 Å². The first-order valence-electron chi connectivity index (χ1n) is 11.2. The number of nitrogens with one attached hydrogen (secondary N) is 1. The van der Waals surface area contributed by atoms with Crippen LogP contribution in [0.25, 0.3) is 10.8 Å². The second kappa shape index (κ2) is 9.19. The lowest BCUT2D eigenvalue weighted by Gasteiger charge is -2.28. The number of fused-ring (bicyclic) bond motifs is 1. The normalized spacial score (nSPS) is 12.5. The lowest BCUT2D eigenvalue weighted by molar-refractivity contribution is 0.572. The molecule has 33 heavy (non-hydrogen) atoms. The van der Waals surface area contributed by atoms with E-state index >= 15 is 0 Å². The van der Waals surface area contributed by atoms with Gasteiger partial charge in [-0.15, -0.1) is 0 Å². The molecule has 1 N–H and O–H groups in total. The quantitative estimate of drug-likeness (QED) is 0.292. The molecule has 0 heterocycles. The maximum absolute atomic E-state index is 14.9. The van der Waals surface area contributed by atoms with E-state index in [1.54, 1.807) is 0 Å². The second-order valence-electron chi connectivity index (χ2n) is 8.32. The van der Waals surface area contributed by atoms with Crippen LogP contribution in [0.15, 0.2) is 127 Å². The van der Waals surface area contributed by atoms with Crippen LogP contribution in [-0.4, -0.2) is 0 Å². The largest absolute Gasteiger partial charge is 0.296 e. The zero-order valence-electron chi connectivity index (χ0n) is 18.6. The highest BCUT2D eigenvalue weighted by Crippen LogP contribution is 2.44. The Morgan fingerprint density at radius 2 is 1.15 bits per heavy atom. The SMILES string of the molecule is Cc1ccc([C@@H](NP(=O)(c2ccccc2)c2ccccc2)c2cccc3ccccc23)cc1. The van der Waals surface area contributed by atoms with Gasteiger partial charge in [0.1, 0.15) is 0 Å². The molecule has 0 fully saturated rings. The first-order valence-corrected chi connectivity index (χ1v) is 12.9. The van der Waals surface area contributed by atoms with Gasteiger partial charge in [0.05, 0.1) is 6.04 Å². The van der Waals surface area contributed by atoms with Gasteiger partial charge in [-0.2, -0.15) is 0 Å². The van der Waals surface area contributed by atoms with E-state index in [1.165, 1.54) is 10.9 Å². The Labute approximate surface area is 195 Å². The predicted octanol–water partition coefficient (Wildman–Crippen LogP) is 6.76. The second-order valence-corrected chi connectivity index (χ2v) is 10.8. The van der Waals surface area contributed by atoms with Crippen LogP contribution in [0.5, 0.6) is 0 Å². The van der Waals surface area contributed by atoms with Crippen LogP contribution in [0, 0.1) is 6.92 Å². The van der Waals surface area contributed by atoms with Gasteiger partial charge in [-0.05, 0) is 53.1 Å². The summed E-state index contributed by atoms with van der Waals surface area (Å²) in [6.07, 6.45) is 0. The molecule has 2 nitrogen and oxygen atoms in total. The third-order valence-corrected chi connectivity index (χ3v) is 8.77. The minimum Gasteiger partial charge on any atom is -0.296 e. The minimum atomic E-state index is -3.15. The van der Waals surface area contributed by atoms with Crippen molar-refractivity contribution in [3.8, 4) is 0 Å². The third-order valence-electron chi connectivity index (χ3n) is 6.10. The van der Waals surface area contributed by atoms with Crippen molar-refractivity contribution in [2.24, 2.45) is 0 Å². The summed E-state index contributed by atoms with van der Waals surface area (Å²) in [6.45, 7) is 2.09. The molecule has 0 aliphatic carbocycles. The van der Waals surface area contributed by atoms with E-state index in [1.807, 2.05) is 60.7 Å². The summed E-state index contributed by atoms with van der Waals surface area (Å²) < 4.78 is 14.9. The molecule has 0 bridgehead atoms. The fourth-order valence-electron chi connectivity index (χ4n) is 4.34. The molecule has 162 valence electrons. The molecular formula is C30H26NOP. The summed E-state index contributed by atoms with van der Waals surface area (Å²) in [5, 5.41) is 7.59. The summed E-state index contributed by atoms with van der Waals surface area (Å²) in [6, 6.07) is 42.5. The van der Waals surface area contributed by atoms with Gasteiger partial charge in [0.25, 0.3) is 0 Å². The summed E-state index contributed by atoms with van der Waals surface area (Å²) in [5.74, 6) is 0. The molecule has 0 radical (unpaired) electrons. The average Bonchev–Trinajstić information content (AvgIpc) is 2.88. The molecule has 0 spiro atoms. The van der Waals surface area contributed by atoms with Gasteiger partial charge in [-0.1, -0.05) is 109 Å². The van der Waals surface area contributed by atoms with Gasteiger partial charge in [-0.25, -0.2) is 5.09 Å². The first kappa shape index (κ1) is 21.4. The molecule has 5 rings (SSSR count). The van der Waals surface area contributed by atoms with Crippen LogP contribution >= 0.6 is 7.29 Å². The van der Waals surface area contributed by atoms with Crippen LogP contribution in [0.1, 0.15) is 22.7 Å². The predicted molar refractivity (Wildman–Crippen MR) is 140 cm³/mol. The van der Waals surface area contributed by atoms with Crippen LogP contribution in [0.2, 0.25) is 0 Å². The van der Waals surface area contributed by atoms with Gasteiger partial charge in [0.15, 0.2) is 0 Å². The fraction of sp³-hybridized carbons (Fsp3) is 0.0667. The lowest BCUT2D eigenvalue weighted by atomic mass is 9.94. The minimum absolute atomic E-state index is 0.247. The van der Waals surface area contributed by atoms with Crippen molar-refractivity contribution in [2.75, 3.05) is 0 Å². The Bertz CT molecular complexity index is 1360. The Kier molecular flexibility index (Phi) is 5.96. The Balaban J connectivity index is 1.72. The Morgan fingerprint density at radius 1 is 0.606 bits per heavy atom. The topological polar surface area (TPSA) is 29.1 Å². The van der Waals surface area contributed by atoms with Crippen molar-refractivity contribution in [1.82, 2.24) is 5.09 Å². The van der Waals surface area contributed by atoms with Crippen molar-refractivity contribution in [3.05, 3.63) is 144 Å². The fourth-order valence-corrected chi connectivity index (χ4v) is 6.77. The number of rotatable bonds is 6. The van der Waals surface area contributed by atoms with Crippen LogP contribution in [0.3, 0.4) is 0 Å². The Hall–Kier alpha value is -3.45. The molecular weight excluding hydrogens is 421 g/mol. The molecule has 5 aromatic carbocycles. The standard InChI is InChI=1S/C30H26NOP/c1-23-19-21-25(22-20-23)30(29-18-10-12-24-11-8-9-17-28(24)29)31-33(32,26-13-4-2-5-14-26)27-15-6-3-7-16-27/h2-22,30H,1H3,(H,31,32)/t30-/m1/s1. The van der Waals surface area contributed by atoms with Gasteiger partial charge in [0.2, 0.25) is 7.29 Å². The van der Waals surface area contributed by atoms with E-state index in [2.05, 4.69) is 78.7 Å². The van der Waals surface area contributed by atoms with Crippen molar-refractivity contribution in [2.45, 2.75) is 13.0 Å². The molecule has 0 unspecified atom stereocenters. The number of hydrogen-bond acceptors (Lipinski definition) is 1. The highest BCUT2D eigenvalue weighted by atomic mass is 31.2. The number of hydrogen-bond donors (Lipinski definition) is 1. The van der Waals surface area contributed by atoms with E-state index < -0.39 is 7.29 Å². The summed E-state index contributed by atoms with van der Waals surface area (Å²) in [7, 11) is -3.15. The van der Waals surface area contributed by atoms with Crippen LogP contribution in [0.4, 0.5) is 0 Å². The summed E-state index contributed by atoms with van der Waals surface area (Å²) in [5.41, 5.74) is 3.40. The van der Waals surface area contributed by atoms with E-state index in [0.717, 1.165) is 27.1 Å². The van der Waals surface area contributed by atoms with E-state index in [9.17, 15) is 4.57 Å². The Morgan fingerprint density at radius 3 is 1.79 bits per heavy atom. The van der Waals surface area contributed by atoms with Gasteiger partial charge < -0.3 is 0 Å². The molecule has 1 atom stereocenters. The summed E-state index contributed by atoms with van der Waals surface area (Å²) in [4.78, 5) is 0. The van der Waals surface area contributed by atoms with Crippen molar-refractivity contribution < 1.29 is 4.57 Å². The first-order chi connectivity index (χ1) is 16.1. The molecule has 3 heteroatoms. The van der Waals surface area contributed by atoms with Gasteiger partial charge in [0, 0.05) is 10.6 Å².